The predicted molar refractivity (Wildman–Crippen MR) is 56.8 cm³/mol. The molecule has 0 radical (unpaired) electrons. The Hall–Kier alpha value is -1.41. The van der Waals surface area contributed by atoms with Gasteiger partial charge in [-0.2, -0.15) is 0 Å². The predicted octanol–water partition coefficient (Wildman–Crippen LogP) is 4.29. The van der Waals surface area contributed by atoms with Gasteiger partial charge in [0.25, 0.3) is 0 Å². The van der Waals surface area contributed by atoms with Crippen LogP contribution in [0.1, 0.15) is 0 Å². The largest absolute Gasteiger partial charge is 0.204 e. The smallest absolute Gasteiger partial charge is 0.159 e. The van der Waals surface area contributed by atoms with Gasteiger partial charge in [0.15, 0.2) is 11.6 Å². The first kappa shape index (κ1) is 10.1. The first-order chi connectivity index (χ1) is 7.18. The third kappa shape index (κ3) is 2.00. The van der Waals surface area contributed by atoms with Gasteiger partial charge < -0.3 is 0 Å². The highest BCUT2D eigenvalue weighted by Crippen LogP contribution is 2.28. The monoisotopic (exact) mass is 224 g/mol. The van der Waals surface area contributed by atoms with Crippen molar-refractivity contribution in [3.05, 3.63) is 59.1 Å². The van der Waals surface area contributed by atoms with Crippen molar-refractivity contribution in [2.24, 2.45) is 0 Å². The van der Waals surface area contributed by atoms with Crippen LogP contribution in [-0.4, -0.2) is 0 Å². The third-order valence-electron chi connectivity index (χ3n) is 2.10. The molecule has 2 aromatic carbocycles. The van der Waals surface area contributed by atoms with E-state index in [0.717, 1.165) is 12.1 Å². The van der Waals surface area contributed by atoms with Gasteiger partial charge in [-0.15, -0.1) is 0 Å². The molecule has 0 saturated heterocycles. The lowest BCUT2D eigenvalue weighted by Gasteiger charge is -2.04. The SMILES string of the molecule is Fc1ccc(-c2ccccc2Cl)cc1F. The zero-order valence-electron chi connectivity index (χ0n) is 7.68. The van der Waals surface area contributed by atoms with E-state index in [2.05, 4.69) is 0 Å². The van der Waals surface area contributed by atoms with Crippen LogP contribution < -0.4 is 0 Å². The number of hydrogen-bond donors (Lipinski definition) is 0. The fraction of sp³-hybridized carbons (Fsp3) is 0. The first-order valence-corrected chi connectivity index (χ1v) is 4.76. The van der Waals surface area contributed by atoms with Gasteiger partial charge in [-0.1, -0.05) is 35.9 Å². The van der Waals surface area contributed by atoms with Gasteiger partial charge in [0.2, 0.25) is 0 Å². The summed E-state index contributed by atoms with van der Waals surface area (Å²) in [6, 6.07) is 10.8. The van der Waals surface area contributed by atoms with Crippen LogP contribution in [0, 0.1) is 11.6 Å². The molecule has 0 N–H and O–H groups in total. The minimum absolute atomic E-state index is 0.517. The summed E-state index contributed by atoms with van der Waals surface area (Å²) in [5.41, 5.74) is 1.26. The second-order valence-corrected chi connectivity index (χ2v) is 3.52. The Balaban J connectivity index is 2.55. The van der Waals surface area contributed by atoms with E-state index in [1.165, 1.54) is 6.07 Å². The average Bonchev–Trinajstić information content (AvgIpc) is 2.23. The Kier molecular flexibility index (Phi) is 2.69. The molecule has 0 amide bonds. The molecule has 0 bridgehead atoms. The maximum atomic E-state index is 13.0. The highest BCUT2D eigenvalue weighted by atomic mass is 35.5. The Morgan fingerprint density at radius 1 is 0.867 bits per heavy atom. The Morgan fingerprint density at radius 3 is 2.27 bits per heavy atom. The molecule has 2 rings (SSSR count). The molecular formula is C12H7ClF2. The molecule has 76 valence electrons. The summed E-state index contributed by atoms with van der Waals surface area (Å²) in [5, 5.41) is 0.517. The van der Waals surface area contributed by atoms with Crippen molar-refractivity contribution < 1.29 is 8.78 Å². The molecule has 0 aliphatic rings. The van der Waals surface area contributed by atoms with E-state index in [4.69, 9.17) is 11.6 Å². The summed E-state index contributed by atoms with van der Waals surface area (Å²) < 4.78 is 25.7. The second-order valence-electron chi connectivity index (χ2n) is 3.11. The number of halogens is 3. The summed E-state index contributed by atoms with van der Waals surface area (Å²) in [6.07, 6.45) is 0. The van der Waals surface area contributed by atoms with Crippen molar-refractivity contribution in [1.29, 1.82) is 0 Å². The van der Waals surface area contributed by atoms with E-state index >= 15 is 0 Å². The molecule has 0 saturated carbocycles. The van der Waals surface area contributed by atoms with Gasteiger partial charge in [0.1, 0.15) is 0 Å². The van der Waals surface area contributed by atoms with E-state index in [1.54, 1.807) is 24.3 Å². The van der Waals surface area contributed by atoms with Crippen molar-refractivity contribution in [2.75, 3.05) is 0 Å². The van der Waals surface area contributed by atoms with Crippen LogP contribution in [0.25, 0.3) is 11.1 Å². The highest BCUT2D eigenvalue weighted by molar-refractivity contribution is 6.33. The molecule has 0 fully saturated rings. The standard InChI is InChI=1S/C12H7ClF2/c13-10-4-2-1-3-9(10)8-5-6-11(14)12(15)7-8/h1-7H. The zero-order chi connectivity index (χ0) is 10.8. The number of rotatable bonds is 1. The van der Waals surface area contributed by atoms with Gasteiger partial charge in [0, 0.05) is 10.6 Å². The lowest BCUT2D eigenvalue weighted by Crippen LogP contribution is -1.85. The molecule has 15 heavy (non-hydrogen) atoms. The molecule has 0 aliphatic carbocycles. The van der Waals surface area contributed by atoms with Crippen LogP contribution in [-0.2, 0) is 0 Å². The van der Waals surface area contributed by atoms with Gasteiger partial charge in [-0.05, 0) is 23.8 Å². The van der Waals surface area contributed by atoms with E-state index < -0.39 is 11.6 Å². The Labute approximate surface area is 91.1 Å². The fourth-order valence-corrected chi connectivity index (χ4v) is 1.60. The van der Waals surface area contributed by atoms with Crippen molar-refractivity contribution in [3.8, 4) is 11.1 Å². The molecule has 0 nitrogen and oxygen atoms in total. The quantitative estimate of drug-likeness (QED) is 0.678. The minimum Gasteiger partial charge on any atom is -0.204 e. The topological polar surface area (TPSA) is 0 Å². The van der Waals surface area contributed by atoms with Crippen molar-refractivity contribution in [2.45, 2.75) is 0 Å². The normalized spacial score (nSPS) is 10.3. The molecule has 0 heterocycles. The third-order valence-corrected chi connectivity index (χ3v) is 2.43. The van der Waals surface area contributed by atoms with Crippen molar-refractivity contribution in [3.63, 3.8) is 0 Å². The summed E-state index contributed by atoms with van der Waals surface area (Å²) in [7, 11) is 0. The van der Waals surface area contributed by atoms with Gasteiger partial charge in [-0.3, -0.25) is 0 Å². The van der Waals surface area contributed by atoms with Crippen LogP contribution >= 0.6 is 11.6 Å². The van der Waals surface area contributed by atoms with Crippen LogP contribution in [0.15, 0.2) is 42.5 Å². The highest BCUT2D eigenvalue weighted by Gasteiger charge is 2.06. The zero-order valence-corrected chi connectivity index (χ0v) is 8.43. The van der Waals surface area contributed by atoms with E-state index in [0.29, 0.717) is 16.1 Å². The maximum absolute atomic E-state index is 13.0. The van der Waals surface area contributed by atoms with Crippen LogP contribution in [0.3, 0.4) is 0 Å². The molecule has 0 unspecified atom stereocenters. The molecule has 3 heteroatoms. The summed E-state index contributed by atoms with van der Waals surface area (Å²) >= 11 is 5.93. The Bertz CT molecular complexity index is 495. The molecule has 0 aromatic heterocycles. The van der Waals surface area contributed by atoms with Crippen molar-refractivity contribution in [1.82, 2.24) is 0 Å². The first-order valence-electron chi connectivity index (χ1n) is 4.38. The van der Waals surface area contributed by atoms with Gasteiger partial charge in [0.05, 0.1) is 0 Å². The van der Waals surface area contributed by atoms with E-state index in [-0.39, 0.29) is 0 Å². The number of hydrogen-bond acceptors (Lipinski definition) is 0. The molecule has 0 aliphatic heterocycles. The van der Waals surface area contributed by atoms with Crippen LogP contribution in [0.4, 0.5) is 8.78 Å². The van der Waals surface area contributed by atoms with Crippen LogP contribution in [0.2, 0.25) is 5.02 Å². The van der Waals surface area contributed by atoms with Gasteiger partial charge in [-0.25, -0.2) is 8.78 Å². The van der Waals surface area contributed by atoms with Crippen molar-refractivity contribution >= 4 is 11.6 Å². The second kappa shape index (κ2) is 3.99. The summed E-state index contributed by atoms with van der Waals surface area (Å²) in [4.78, 5) is 0. The lowest BCUT2D eigenvalue weighted by atomic mass is 10.1. The maximum Gasteiger partial charge on any atom is 0.159 e. The Morgan fingerprint density at radius 2 is 1.60 bits per heavy atom. The summed E-state index contributed by atoms with van der Waals surface area (Å²) in [5.74, 6) is -1.72. The molecule has 0 spiro atoms. The van der Waals surface area contributed by atoms with Gasteiger partial charge >= 0.3 is 0 Å². The van der Waals surface area contributed by atoms with E-state index in [1.807, 2.05) is 0 Å². The lowest BCUT2D eigenvalue weighted by molar-refractivity contribution is 0.509. The average molecular weight is 225 g/mol. The van der Waals surface area contributed by atoms with Crippen LogP contribution in [0.5, 0.6) is 0 Å². The molecule has 2 aromatic rings. The molecule has 0 atom stereocenters. The van der Waals surface area contributed by atoms with E-state index in [9.17, 15) is 8.78 Å². The molecular weight excluding hydrogens is 218 g/mol. The number of benzene rings is 2. The fourth-order valence-electron chi connectivity index (χ4n) is 1.36. The summed E-state index contributed by atoms with van der Waals surface area (Å²) in [6.45, 7) is 0. The minimum atomic E-state index is -0.868.